The minimum Gasteiger partial charge on any atom is -0.376 e. The molecule has 1 atom stereocenters. The molecule has 25 heavy (non-hydrogen) atoms. The molecule has 2 amide bonds. The maximum Gasteiger partial charge on any atom is 0.240 e. The molecule has 0 fully saturated rings. The number of benzene rings is 1. The van der Waals surface area contributed by atoms with E-state index in [4.69, 9.17) is 0 Å². The Bertz CT molecular complexity index is 671. The van der Waals surface area contributed by atoms with Gasteiger partial charge in [0.05, 0.1) is 12.6 Å². The predicted octanol–water partition coefficient (Wildman–Crippen LogP) is 3.14. The Hall–Kier alpha value is -2.55. The van der Waals surface area contributed by atoms with Gasteiger partial charge in [0.1, 0.15) is 5.54 Å². The lowest BCUT2D eigenvalue weighted by atomic mass is 9.90. The van der Waals surface area contributed by atoms with E-state index in [-0.39, 0.29) is 24.3 Å². The Balaban J connectivity index is 2.67. The summed E-state index contributed by atoms with van der Waals surface area (Å²) >= 11 is 0. The molecule has 1 aromatic rings. The van der Waals surface area contributed by atoms with E-state index in [1.54, 1.807) is 25.1 Å². The lowest BCUT2D eigenvalue weighted by Gasteiger charge is -2.27. The molecular formula is C19H28N4O2. The molecule has 1 rings (SSSR count). The molecule has 6 nitrogen and oxygen atoms in total. The minimum absolute atomic E-state index is 0.00242. The van der Waals surface area contributed by atoms with Gasteiger partial charge in [-0.3, -0.25) is 9.59 Å². The fourth-order valence-corrected chi connectivity index (χ4v) is 1.84. The molecule has 3 N–H and O–H groups in total. The minimum atomic E-state index is -0.901. The number of nitrogens with one attached hydrogen (secondary N) is 3. The summed E-state index contributed by atoms with van der Waals surface area (Å²) in [6.45, 7) is 11.1. The van der Waals surface area contributed by atoms with E-state index < -0.39 is 11.0 Å². The first-order valence-electron chi connectivity index (χ1n) is 8.35. The fraction of sp³-hybridized carbons (Fsp3) is 0.526. The van der Waals surface area contributed by atoms with Gasteiger partial charge in [-0.25, -0.2) is 0 Å². The molecule has 0 spiro atoms. The molecule has 136 valence electrons. The van der Waals surface area contributed by atoms with Gasteiger partial charge >= 0.3 is 0 Å². The first-order chi connectivity index (χ1) is 11.5. The highest BCUT2D eigenvalue weighted by atomic mass is 16.2. The van der Waals surface area contributed by atoms with Crippen LogP contribution in [0.1, 0.15) is 41.5 Å². The standard InChI is InChI=1S/C19H28N4O2/c1-13(2)19(6,12-20)23-16(24)11-21-14-8-7-9-15(10-14)22-17(25)18(3,4)5/h7-10,13,21H,11H2,1-6H3,(H,22,25)(H,23,24)/t19-/m0/s1. The molecule has 0 unspecified atom stereocenters. The van der Waals surface area contributed by atoms with Crippen LogP contribution in [0.4, 0.5) is 11.4 Å². The number of nitrogens with zero attached hydrogens (tertiary/aromatic N) is 1. The van der Waals surface area contributed by atoms with Crippen LogP contribution >= 0.6 is 0 Å². The number of nitriles is 1. The number of anilines is 2. The Morgan fingerprint density at radius 3 is 2.28 bits per heavy atom. The zero-order valence-electron chi connectivity index (χ0n) is 15.9. The molecule has 0 saturated heterocycles. The third kappa shape index (κ3) is 6.11. The predicted molar refractivity (Wildman–Crippen MR) is 100 cm³/mol. The first kappa shape index (κ1) is 20.5. The summed E-state index contributed by atoms with van der Waals surface area (Å²) in [5.41, 5.74) is -0.0112. The molecule has 6 heteroatoms. The molecule has 0 bridgehead atoms. The molecule has 0 radical (unpaired) electrons. The van der Waals surface area contributed by atoms with Gasteiger partial charge in [-0.2, -0.15) is 5.26 Å². The summed E-state index contributed by atoms with van der Waals surface area (Å²) < 4.78 is 0. The van der Waals surface area contributed by atoms with Crippen LogP contribution in [0.3, 0.4) is 0 Å². The number of hydrogen-bond donors (Lipinski definition) is 3. The molecule has 0 aliphatic rings. The molecule has 1 aromatic carbocycles. The topological polar surface area (TPSA) is 94.0 Å². The number of amides is 2. The average molecular weight is 344 g/mol. The van der Waals surface area contributed by atoms with Crippen molar-refractivity contribution >= 4 is 23.2 Å². The monoisotopic (exact) mass is 344 g/mol. The highest BCUT2D eigenvalue weighted by molar-refractivity contribution is 5.95. The zero-order valence-corrected chi connectivity index (χ0v) is 15.9. The lowest BCUT2D eigenvalue weighted by Crippen LogP contribution is -2.50. The highest BCUT2D eigenvalue weighted by Crippen LogP contribution is 2.20. The quantitative estimate of drug-likeness (QED) is 0.739. The van der Waals surface area contributed by atoms with Crippen molar-refractivity contribution in [2.75, 3.05) is 17.2 Å². The van der Waals surface area contributed by atoms with Crippen LogP contribution in [-0.2, 0) is 9.59 Å². The van der Waals surface area contributed by atoms with Gasteiger partial charge in [-0.15, -0.1) is 0 Å². The van der Waals surface area contributed by atoms with Crippen LogP contribution < -0.4 is 16.0 Å². The summed E-state index contributed by atoms with van der Waals surface area (Å²) in [6.07, 6.45) is 0. The van der Waals surface area contributed by atoms with Crippen molar-refractivity contribution in [2.24, 2.45) is 11.3 Å². The van der Waals surface area contributed by atoms with E-state index in [1.165, 1.54) is 0 Å². The van der Waals surface area contributed by atoms with Crippen LogP contribution in [0, 0.1) is 22.7 Å². The second-order valence-electron chi connectivity index (χ2n) is 7.66. The van der Waals surface area contributed by atoms with E-state index in [1.807, 2.05) is 40.7 Å². The van der Waals surface area contributed by atoms with E-state index in [0.717, 1.165) is 0 Å². The van der Waals surface area contributed by atoms with Crippen molar-refractivity contribution in [1.29, 1.82) is 5.26 Å². The Labute approximate surface area is 150 Å². The fourth-order valence-electron chi connectivity index (χ4n) is 1.84. The van der Waals surface area contributed by atoms with Gasteiger partial charge in [0, 0.05) is 16.8 Å². The van der Waals surface area contributed by atoms with Crippen molar-refractivity contribution in [3.8, 4) is 6.07 Å². The smallest absolute Gasteiger partial charge is 0.240 e. The Morgan fingerprint density at radius 2 is 1.76 bits per heavy atom. The van der Waals surface area contributed by atoms with E-state index >= 15 is 0 Å². The van der Waals surface area contributed by atoms with Crippen molar-refractivity contribution in [3.63, 3.8) is 0 Å². The summed E-state index contributed by atoms with van der Waals surface area (Å²) in [6, 6.07) is 9.31. The van der Waals surface area contributed by atoms with E-state index in [9.17, 15) is 14.9 Å². The summed E-state index contributed by atoms with van der Waals surface area (Å²) in [7, 11) is 0. The Kier molecular flexibility index (Phi) is 6.57. The SMILES string of the molecule is CC(C)[C@](C)(C#N)NC(=O)CNc1cccc(NC(=O)C(C)(C)C)c1. The van der Waals surface area contributed by atoms with Gasteiger partial charge in [0.2, 0.25) is 11.8 Å². The molecular weight excluding hydrogens is 316 g/mol. The van der Waals surface area contributed by atoms with Crippen molar-refractivity contribution in [2.45, 2.75) is 47.1 Å². The number of carbonyl (C=O) groups excluding carboxylic acids is 2. The molecule has 0 heterocycles. The van der Waals surface area contributed by atoms with Crippen LogP contribution in [0.15, 0.2) is 24.3 Å². The summed E-state index contributed by atoms with van der Waals surface area (Å²) in [5.74, 6) is -0.344. The van der Waals surface area contributed by atoms with Crippen LogP contribution in [0.2, 0.25) is 0 Å². The third-order valence-electron chi connectivity index (χ3n) is 4.04. The number of rotatable bonds is 6. The Morgan fingerprint density at radius 1 is 1.16 bits per heavy atom. The van der Waals surface area contributed by atoms with E-state index in [0.29, 0.717) is 11.4 Å². The van der Waals surface area contributed by atoms with Crippen molar-refractivity contribution in [3.05, 3.63) is 24.3 Å². The third-order valence-corrected chi connectivity index (χ3v) is 4.04. The summed E-state index contributed by atoms with van der Waals surface area (Å²) in [5, 5.41) is 17.9. The second kappa shape index (κ2) is 8.02. The maximum absolute atomic E-state index is 12.1. The average Bonchev–Trinajstić information content (AvgIpc) is 2.52. The largest absolute Gasteiger partial charge is 0.376 e. The second-order valence-corrected chi connectivity index (χ2v) is 7.66. The van der Waals surface area contributed by atoms with Crippen LogP contribution in [0.5, 0.6) is 0 Å². The molecule has 0 saturated carbocycles. The maximum atomic E-state index is 12.1. The highest BCUT2D eigenvalue weighted by Gasteiger charge is 2.29. The van der Waals surface area contributed by atoms with Gasteiger partial charge < -0.3 is 16.0 Å². The molecule has 0 aliphatic heterocycles. The van der Waals surface area contributed by atoms with Crippen molar-refractivity contribution in [1.82, 2.24) is 5.32 Å². The molecule has 0 aliphatic carbocycles. The van der Waals surface area contributed by atoms with Crippen LogP contribution in [-0.4, -0.2) is 23.9 Å². The normalized spacial score (nSPS) is 13.5. The van der Waals surface area contributed by atoms with Gasteiger partial charge in [-0.05, 0) is 31.0 Å². The van der Waals surface area contributed by atoms with Gasteiger partial charge in [0.15, 0.2) is 0 Å². The zero-order chi connectivity index (χ0) is 19.3. The number of carbonyl (C=O) groups is 2. The summed E-state index contributed by atoms with van der Waals surface area (Å²) in [4.78, 5) is 24.1. The van der Waals surface area contributed by atoms with Crippen LogP contribution in [0.25, 0.3) is 0 Å². The first-order valence-corrected chi connectivity index (χ1v) is 8.35. The molecule has 0 aromatic heterocycles. The van der Waals surface area contributed by atoms with Gasteiger partial charge in [0.25, 0.3) is 0 Å². The van der Waals surface area contributed by atoms with Gasteiger partial charge in [-0.1, -0.05) is 40.7 Å². The van der Waals surface area contributed by atoms with Crippen molar-refractivity contribution < 1.29 is 9.59 Å². The number of hydrogen-bond acceptors (Lipinski definition) is 4. The van der Waals surface area contributed by atoms with E-state index in [2.05, 4.69) is 22.0 Å². The lowest BCUT2D eigenvalue weighted by molar-refractivity contribution is -0.123.